The first-order chi connectivity index (χ1) is 12.7. The van der Waals surface area contributed by atoms with Crippen molar-refractivity contribution in [1.82, 2.24) is 4.98 Å². The Hall–Kier alpha value is -3.36. The van der Waals surface area contributed by atoms with Crippen molar-refractivity contribution in [3.8, 4) is 5.75 Å². The maximum absolute atomic E-state index is 12.2. The lowest BCUT2D eigenvalue weighted by Gasteiger charge is -2.16. The fraction of sp³-hybridized carbons (Fsp3) is 0.167. The minimum absolute atomic E-state index is 0.277. The third-order valence-electron chi connectivity index (χ3n) is 3.53. The van der Waals surface area contributed by atoms with Gasteiger partial charge < -0.3 is 26.6 Å². The average Bonchev–Trinajstić information content (AvgIpc) is 2.61. The summed E-state index contributed by atoms with van der Waals surface area (Å²) in [5, 5.41) is 18.4. The summed E-state index contributed by atoms with van der Waals surface area (Å²) in [5.74, 6) is -0.000356. The first-order valence-electron chi connectivity index (χ1n) is 7.91. The van der Waals surface area contributed by atoms with E-state index in [-0.39, 0.29) is 11.5 Å². The second kappa shape index (κ2) is 8.35. The lowest BCUT2D eigenvalue weighted by Crippen LogP contribution is -2.17. The summed E-state index contributed by atoms with van der Waals surface area (Å²) in [5.41, 5.74) is 8.03. The van der Waals surface area contributed by atoms with E-state index < -0.39 is 6.36 Å². The first kappa shape index (κ1) is 20.0. The van der Waals surface area contributed by atoms with Gasteiger partial charge >= 0.3 is 6.36 Å². The van der Waals surface area contributed by atoms with Crippen LogP contribution < -0.4 is 15.8 Å². The Balaban J connectivity index is 2.38. The molecule has 0 bridgehead atoms. The molecule has 5 N–H and O–H groups in total. The van der Waals surface area contributed by atoms with Crippen LogP contribution in [0.15, 0.2) is 42.6 Å². The van der Waals surface area contributed by atoms with Crippen molar-refractivity contribution in [3.05, 3.63) is 53.7 Å². The number of benzene rings is 1. The topological polar surface area (TPSA) is 108 Å². The molecular weight excluding hydrogens is 359 g/mol. The van der Waals surface area contributed by atoms with Crippen LogP contribution in [0.2, 0.25) is 0 Å². The van der Waals surface area contributed by atoms with Gasteiger partial charge in [0.15, 0.2) is 0 Å². The van der Waals surface area contributed by atoms with E-state index in [1.54, 1.807) is 6.07 Å². The standard InChI is InChI=1S/C18H18F3N5O/c1-2-14(23)16-13(15(24)7-9-22)8-10-25-17(16)26-11-3-5-12(6-4-11)27-18(19,20)21/h3-10,22-23H,2,24H2,1H3,(H,25,26)/b15-7-,22-9?,23-14?. The molecule has 0 fully saturated rings. The van der Waals surface area contributed by atoms with E-state index >= 15 is 0 Å². The van der Waals surface area contributed by atoms with Crippen molar-refractivity contribution in [1.29, 1.82) is 10.8 Å². The van der Waals surface area contributed by atoms with Gasteiger partial charge in [0, 0.05) is 40.6 Å². The van der Waals surface area contributed by atoms with Gasteiger partial charge in [0.1, 0.15) is 11.6 Å². The van der Waals surface area contributed by atoms with Crippen LogP contribution in [-0.2, 0) is 0 Å². The van der Waals surface area contributed by atoms with E-state index in [9.17, 15) is 13.2 Å². The predicted octanol–water partition coefficient (Wildman–Crippen LogP) is 4.45. The van der Waals surface area contributed by atoms with Gasteiger partial charge in [0.2, 0.25) is 0 Å². The molecule has 2 rings (SSSR count). The molecule has 0 spiro atoms. The van der Waals surface area contributed by atoms with E-state index in [0.717, 1.165) is 6.21 Å². The third kappa shape index (κ3) is 5.30. The van der Waals surface area contributed by atoms with Gasteiger partial charge in [-0.25, -0.2) is 4.98 Å². The Labute approximate surface area is 153 Å². The highest BCUT2D eigenvalue weighted by Crippen LogP contribution is 2.28. The van der Waals surface area contributed by atoms with Crippen LogP contribution in [0.4, 0.5) is 24.7 Å². The Morgan fingerprint density at radius 2 is 1.93 bits per heavy atom. The second-order valence-electron chi connectivity index (χ2n) is 5.40. The van der Waals surface area contributed by atoms with Gasteiger partial charge in [0.05, 0.1) is 0 Å². The Morgan fingerprint density at radius 3 is 2.48 bits per heavy atom. The van der Waals surface area contributed by atoms with E-state index in [0.29, 0.717) is 34.8 Å². The summed E-state index contributed by atoms with van der Waals surface area (Å²) >= 11 is 0. The van der Waals surface area contributed by atoms with Gasteiger partial charge in [0.25, 0.3) is 0 Å². The maximum atomic E-state index is 12.2. The number of nitrogens with two attached hydrogens (primary N) is 1. The lowest BCUT2D eigenvalue weighted by atomic mass is 10.00. The SMILES string of the molecule is CCC(=N)c1c(/C(N)=C/C=N)ccnc1Nc1ccc(OC(F)(F)F)cc1. The second-order valence-corrected chi connectivity index (χ2v) is 5.40. The molecule has 0 aliphatic heterocycles. The van der Waals surface area contributed by atoms with Crippen LogP contribution in [0.1, 0.15) is 24.5 Å². The summed E-state index contributed by atoms with van der Waals surface area (Å²) < 4.78 is 40.6. The number of nitrogens with zero attached hydrogens (tertiary/aromatic N) is 1. The molecule has 27 heavy (non-hydrogen) atoms. The molecule has 0 aliphatic carbocycles. The maximum Gasteiger partial charge on any atom is 0.573 e. The number of nitrogens with one attached hydrogen (secondary N) is 3. The molecule has 0 amide bonds. The molecule has 9 heteroatoms. The number of allylic oxidation sites excluding steroid dienone is 1. The van der Waals surface area contributed by atoms with Crippen molar-refractivity contribution in [2.45, 2.75) is 19.7 Å². The van der Waals surface area contributed by atoms with Crippen molar-refractivity contribution in [3.63, 3.8) is 0 Å². The van der Waals surface area contributed by atoms with Crippen LogP contribution in [0.3, 0.4) is 0 Å². The van der Waals surface area contributed by atoms with E-state index in [2.05, 4.69) is 15.0 Å². The summed E-state index contributed by atoms with van der Waals surface area (Å²) in [6, 6.07) is 6.80. The molecule has 142 valence electrons. The Morgan fingerprint density at radius 1 is 1.26 bits per heavy atom. The van der Waals surface area contributed by atoms with Crippen LogP contribution in [0, 0.1) is 10.8 Å². The van der Waals surface area contributed by atoms with Crippen LogP contribution in [0.5, 0.6) is 5.75 Å². The highest BCUT2D eigenvalue weighted by molar-refractivity contribution is 6.07. The van der Waals surface area contributed by atoms with E-state index in [1.165, 1.54) is 36.5 Å². The zero-order valence-electron chi connectivity index (χ0n) is 14.4. The number of hydrogen-bond acceptors (Lipinski definition) is 6. The zero-order valence-corrected chi connectivity index (χ0v) is 14.4. The van der Waals surface area contributed by atoms with E-state index in [1.807, 2.05) is 6.92 Å². The molecule has 1 heterocycles. The number of halogens is 3. The van der Waals surface area contributed by atoms with Gasteiger partial charge in [-0.15, -0.1) is 13.2 Å². The fourth-order valence-corrected chi connectivity index (χ4v) is 2.34. The van der Waals surface area contributed by atoms with E-state index in [4.69, 9.17) is 16.6 Å². The minimum Gasteiger partial charge on any atom is -0.406 e. The highest BCUT2D eigenvalue weighted by atomic mass is 19.4. The quantitative estimate of drug-likeness (QED) is 0.535. The predicted molar refractivity (Wildman–Crippen MR) is 98.7 cm³/mol. The molecule has 0 atom stereocenters. The fourth-order valence-electron chi connectivity index (χ4n) is 2.34. The molecule has 0 saturated heterocycles. The molecule has 0 unspecified atom stereocenters. The lowest BCUT2D eigenvalue weighted by molar-refractivity contribution is -0.274. The number of aromatic nitrogens is 1. The molecule has 0 aliphatic rings. The van der Waals surface area contributed by atoms with Gasteiger partial charge in [-0.3, -0.25) is 0 Å². The van der Waals surface area contributed by atoms with Gasteiger partial charge in [-0.1, -0.05) is 6.92 Å². The van der Waals surface area contributed by atoms with Crippen LogP contribution in [-0.4, -0.2) is 23.3 Å². The average molecular weight is 377 g/mol. The molecule has 1 aromatic heterocycles. The number of pyridine rings is 1. The molecular formula is C18H18F3N5O. The third-order valence-corrected chi connectivity index (χ3v) is 3.53. The monoisotopic (exact) mass is 377 g/mol. The largest absolute Gasteiger partial charge is 0.573 e. The number of hydrogen-bond donors (Lipinski definition) is 4. The molecule has 0 radical (unpaired) electrons. The van der Waals surface area contributed by atoms with Crippen LogP contribution >= 0.6 is 0 Å². The summed E-state index contributed by atoms with van der Waals surface area (Å²) in [6.45, 7) is 1.81. The highest BCUT2D eigenvalue weighted by Gasteiger charge is 2.31. The number of ether oxygens (including phenoxy) is 1. The van der Waals surface area contributed by atoms with Crippen molar-refractivity contribution in [2.24, 2.45) is 5.73 Å². The summed E-state index contributed by atoms with van der Waals surface area (Å²) in [4.78, 5) is 4.22. The Bertz CT molecular complexity index is 860. The van der Waals surface area contributed by atoms with Gasteiger partial charge in [-0.05, 0) is 42.8 Å². The normalized spacial score (nSPS) is 11.8. The van der Waals surface area contributed by atoms with Crippen LogP contribution in [0.25, 0.3) is 5.70 Å². The van der Waals surface area contributed by atoms with Crippen molar-refractivity contribution >= 4 is 29.1 Å². The number of anilines is 2. The number of alkyl halides is 3. The Kier molecular flexibility index (Phi) is 6.17. The first-order valence-corrected chi connectivity index (χ1v) is 7.91. The summed E-state index contributed by atoms with van der Waals surface area (Å²) in [7, 11) is 0. The smallest absolute Gasteiger partial charge is 0.406 e. The molecule has 0 saturated carbocycles. The van der Waals surface area contributed by atoms with Crippen molar-refractivity contribution in [2.75, 3.05) is 5.32 Å². The number of rotatable bonds is 7. The summed E-state index contributed by atoms with van der Waals surface area (Å²) in [6.07, 6.45) is -0.400. The van der Waals surface area contributed by atoms with Gasteiger partial charge in [-0.2, -0.15) is 0 Å². The molecule has 1 aromatic carbocycles. The molecule has 6 nitrogen and oxygen atoms in total. The van der Waals surface area contributed by atoms with Crippen molar-refractivity contribution < 1.29 is 17.9 Å². The zero-order chi connectivity index (χ0) is 20.0. The minimum atomic E-state index is -4.76. The molecule has 2 aromatic rings.